The number of carbonyl (C=O) groups is 1. The van der Waals surface area contributed by atoms with Gasteiger partial charge in [-0.15, -0.1) is 0 Å². The monoisotopic (exact) mass is 505 g/mol. The van der Waals surface area contributed by atoms with Gasteiger partial charge in [-0.1, -0.05) is 35.9 Å². The Bertz CT molecular complexity index is 1330. The number of sulfonamides is 1. The molecule has 0 radical (unpaired) electrons. The van der Waals surface area contributed by atoms with Crippen LogP contribution in [-0.2, 0) is 14.8 Å². The Labute approximate surface area is 200 Å². The highest BCUT2D eigenvalue weighted by molar-refractivity contribution is 7.93. The maximum atomic E-state index is 13.7. The number of hydrogen-bond donors (Lipinski definition) is 1. The molecule has 1 N–H and O–H groups in total. The van der Waals surface area contributed by atoms with Crippen molar-refractivity contribution in [2.45, 2.75) is 4.90 Å². The van der Waals surface area contributed by atoms with E-state index in [4.69, 9.17) is 21.1 Å². The molecule has 0 heterocycles. The Hall–Kier alpha value is -3.83. The molecular formula is C22H20ClN3O7S. The summed E-state index contributed by atoms with van der Waals surface area (Å²) in [4.78, 5) is 23.0. The van der Waals surface area contributed by atoms with Crippen LogP contribution < -0.4 is 19.1 Å². The molecule has 0 unspecified atom stereocenters. The van der Waals surface area contributed by atoms with Crippen LogP contribution in [-0.4, -0.2) is 40.0 Å². The summed E-state index contributed by atoms with van der Waals surface area (Å²) in [6.07, 6.45) is 0. The summed E-state index contributed by atoms with van der Waals surface area (Å²) in [5, 5.41) is 14.3. The number of hydrogen-bond acceptors (Lipinski definition) is 7. The van der Waals surface area contributed by atoms with Crippen LogP contribution in [0.15, 0.2) is 71.6 Å². The zero-order valence-electron chi connectivity index (χ0n) is 18.1. The number of halogens is 1. The highest BCUT2D eigenvalue weighted by atomic mass is 35.5. The van der Waals surface area contributed by atoms with E-state index in [0.717, 1.165) is 16.4 Å². The molecular weight excluding hydrogens is 486 g/mol. The third-order valence-corrected chi connectivity index (χ3v) is 6.86. The summed E-state index contributed by atoms with van der Waals surface area (Å²) >= 11 is 6.09. The molecule has 0 saturated heterocycles. The minimum atomic E-state index is -4.60. The molecule has 0 aromatic heterocycles. The van der Waals surface area contributed by atoms with Crippen molar-refractivity contribution in [3.8, 4) is 11.5 Å². The van der Waals surface area contributed by atoms with Crippen LogP contribution in [0.4, 0.5) is 17.1 Å². The Morgan fingerprint density at radius 2 is 1.74 bits per heavy atom. The predicted molar refractivity (Wildman–Crippen MR) is 127 cm³/mol. The van der Waals surface area contributed by atoms with Gasteiger partial charge in [-0.05, 0) is 30.3 Å². The van der Waals surface area contributed by atoms with Gasteiger partial charge in [0.1, 0.15) is 18.0 Å². The number of carbonyl (C=O) groups excluding carboxylic acids is 1. The summed E-state index contributed by atoms with van der Waals surface area (Å²) in [5.41, 5.74) is -0.374. The highest BCUT2D eigenvalue weighted by Gasteiger charge is 2.34. The van der Waals surface area contributed by atoms with Gasteiger partial charge in [0.2, 0.25) is 5.91 Å². The molecule has 1 amide bonds. The van der Waals surface area contributed by atoms with Crippen LogP contribution in [0, 0.1) is 10.1 Å². The van der Waals surface area contributed by atoms with Crippen LogP contribution in [0.3, 0.4) is 0 Å². The van der Waals surface area contributed by atoms with Gasteiger partial charge in [-0.25, -0.2) is 8.42 Å². The van der Waals surface area contributed by atoms with Crippen molar-refractivity contribution in [1.82, 2.24) is 0 Å². The quantitative estimate of drug-likeness (QED) is 0.342. The average molecular weight is 506 g/mol. The second-order valence-electron chi connectivity index (χ2n) is 6.80. The van der Waals surface area contributed by atoms with Crippen molar-refractivity contribution < 1.29 is 27.6 Å². The second kappa shape index (κ2) is 10.4. The van der Waals surface area contributed by atoms with Crippen molar-refractivity contribution in [2.24, 2.45) is 0 Å². The highest BCUT2D eigenvalue weighted by Crippen LogP contribution is 2.37. The van der Waals surface area contributed by atoms with Crippen molar-refractivity contribution in [3.63, 3.8) is 0 Å². The van der Waals surface area contributed by atoms with E-state index in [0.29, 0.717) is 5.75 Å². The molecule has 0 bridgehead atoms. The SMILES string of the molecule is COc1ccc(N(CC(=O)Nc2ccccc2Cl)S(=O)(=O)c2ccccc2[N+](=O)[O-])c(OC)c1. The maximum Gasteiger partial charge on any atom is 0.289 e. The zero-order valence-corrected chi connectivity index (χ0v) is 19.7. The first-order valence-corrected chi connectivity index (χ1v) is 11.5. The van der Waals surface area contributed by atoms with E-state index in [1.165, 1.54) is 44.6 Å². The van der Waals surface area contributed by atoms with Crippen LogP contribution >= 0.6 is 11.6 Å². The number of nitro groups is 1. The standard InChI is InChI=1S/C22H20ClN3O7S/c1-32-15-11-12-18(20(13-15)33-2)25(14-22(27)24-17-8-4-3-7-16(17)23)34(30,31)21-10-6-5-9-19(21)26(28)29/h3-13H,14H2,1-2H3,(H,24,27). The fraction of sp³-hybridized carbons (Fsp3) is 0.136. The molecule has 12 heteroatoms. The third kappa shape index (κ3) is 5.21. The molecule has 0 aliphatic carbocycles. The van der Waals surface area contributed by atoms with Crippen molar-refractivity contribution in [1.29, 1.82) is 0 Å². The minimum Gasteiger partial charge on any atom is -0.497 e. The van der Waals surface area contributed by atoms with E-state index in [2.05, 4.69) is 5.32 Å². The molecule has 10 nitrogen and oxygen atoms in total. The average Bonchev–Trinajstić information content (AvgIpc) is 2.83. The summed E-state index contributed by atoms with van der Waals surface area (Å²) in [6, 6.07) is 15.6. The number of nitro benzene ring substituents is 1. The summed E-state index contributed by atoms with van der Waals surface area (Å²) < 4.78 is 38.5. The Balaban J connectivity index is 2.12. The first kappa shape index (κ1) is 24.8. The lowest BCUT2D eigenvalue weighted by atomic mass is 10.2. The molecule has 0 atom stereocenters. The van der Waals surface area contributed by atoms with E-state index in [1.54, 1.807) is 24.3 Å². The normalized spacial score (nSPS) is 10.9. The summed E-state index contributed by atoms with van der Waals surface area (Å²) in [5.74, 6) is -0.274. The molecule has 3 aromatic rings. The van der Waals surface area contributed by atoms with Gasteiger partial charge in [-0.3, -0.25) is 19.2 Å². The molecule has 3 aromatic carbocycles. The van der Waals surface area contributed by atoms with Crippen LogP contribution in [0.25, 0.3) is 0 Å². The Morgan fingerprint density at radius 3 is 2.38 bits per heavy atom. The van der Waals surface area contributed by atoms with E-state index in [9.17, 15) is 23.3 Å². The predicted octanol–water partition coefficient (Wildman–Crippen LogP) is 4.10. The van der Waals surface area contributed by atoms with Gasteiger partial charge < -0.3 is 14.8 Å². The number of benzene rings is 3. The molecule has 0 aliphatic rings. The van der Waals surface area contributed by atoms with Crippen LogP contribution in [0.1, 0.15) is 0 Å². The number of nitrogens with one attached hydrogen (secondary N) is 1. The van der Waals surface area contributed by atoms with E-state index in [-0.39, 0.29) is 22.1 Å². The van der Waals surface area contributed by atoms with Gasteiger partial charge in [0.25, 0.3) is 15.7 Å². The number of methoxy groups -OCH3 is 2. The minimum absolute atomic E-state index is 0.0178. The first-order valence-electron chi connectivity index (χ1n) is 9.71. The van der Waals surface area contributed by atoms with Gasteiger partial charge in [0, 0.05) is 12.1 Å². The fourth-order valence-electron chi connectivity index (χ4n) is 3.12. The number of anilines is 2. The molecule has 0 spiro atoms. The summed E-state index contributed by atoms with van der Waals surface area (Å²) in [6.45, 7) is -0.720. The van der Waals surface area contributed by atoms with Gasteiger partial charge >= 0.3 is 0 Å². The van der Waals surface area contributed by atoms with Gasteiger partial charge in [0.05, 0.1) is 35.5 Å². The smallest absolute Gasteiger partial charge is 0.289 e. The van der Waals surface area contributed by atoms with Crippen LogP contribution in [0.5, 0.6) is 11.5 Å². The lowest BCUT2D eigenvalue weighted by Gasteiger charge is -2.26. The first-order chi connectivity index (χ1) is 16.2. The Kier molecular flexibility index (Phi) is 7.59. The Morgan fingerprint density at radius 1 is 1.06 bits per heavy atom. The van der Waals surface area contributed by atoms with Crippen molar-refractivity contribution in [2.75, 3.05) is 30.4 Å². The third-order valence-electron chi connectivity index (χ3n) is 4.72. The second-order valence-corrected chi connectivity index (χ2v) is 9.04. The van der Waals surface area contributed by atoms with E-state index < -0.39 is 38.0 Å². The number of amides is 1. The van der Waals surface area contributed by atoms with Crippen molar-refractivity contribution >= 4 is 44.6 Å². The lowest BCUT2D eigenvalue weighted by Crippen LogP contribution is -2.38. The summed E-state index contributed by atoms with van der Waals surface area (Å²) in [7, 11) is -1.86. The van der Waals surface area contributed by atoms with Crippen molar-refractivity contribution in [3.05, 3.63) is 81.9 Å². The molecule has 34 heavy (non-hydrogen) atoms. The number of para-hydroxylation sites is 2. The number of rotatable bonds is 9. The fourth-order valence-corrected chi connectivity index (χ4v) is 4.89. The van der Waals surface area contributed by atoms with Crippen LogP contribution in [0.2, 0.25) is 5.02 Å². The maximum absolute atomic E-state index is 13.7. The number of nitrogens with zero attached hydrogens (tertiary/aromatic N) is 2. The molecule has 3 rings (SSSR count). The van der Waals surface area contributed by atoms with Gasteiger partial charge in [-0.2, -0.15) is 0 Å². The van der Waals surface area contributed by atoms with E-state index in [1.807, 2.05) is 0 Å². The lowest BCUT2D eigenvalue weighted by molar-refractivity contribution is -0.387. The molecule has 178 valence electrons. The number of ether oxygens (including phenoxy) is 2. The molecule has 0 fully saturated rings. The molecule has 0 saturated carbocycles. The largest absolute Gasteiger partial charge is 0.497 e. The van der Waals surface area contributed by atoms with Gasteiger partial charge in [0.15, 0.2) is 4.90 Å². The topological polar surface area (TPSA) is 128 Å². The van der Waals surface area contributed by atoms with E-state index >= 15 is 0 Å². The molecule has 0 aliphatic heterocycles. The zero-order chi connectivity index (χ0) is 24.9.